The standard InChI is InChI=1S/C16H10ClNO3/c17-10-7-4-8-11-13(10)14(19)12(15(21-11)16(18)20)9-5-2-1-3-6-9/h1-8H,(H2,18,20). The van der Waals surface area contributed by atoms with Crippen LogP contribution in [0.3, 0.4) is 0 Å². The zero-order chi connectivity index (χ0) is 15.0. The summed E-state index contributed by atoms with van der Waals surface area (Å²) < 4.78 is 5.51. The number of amides is 1. The van der Waals surface area contributed by atoms with Crippen LogP contribution in [0.25, 0.3) is 22.1 Å². The minimum atomic E-state index is -0.798. The highest BCUT2D eigenvalue weighted by atomic mass is 35.5. The average molecular weight is 300 g/mol. The monoisotopic (exact) mass is 299 g/mol. The van der Waals surface area contributed by atoms with Crippen molar-refractivity contribution in [3.05, 3.63) is 69.5 Å². The maximum absolute atomic E-state index is 12.7. The molecule has 0 atom stereocenters. The molecule has 0 spiro atoms. The Bertz CT molecular complexity index is 901. The molecule has 0 aliphatic carbocycles. The first-order valence-corrected chi connectivity index (χ1v) is 6.58. The highest BCUT2D eigenvalue weighted by molar-refractivity contribution is 6.35. The maximum Gasteiger partial charge on any atom is 0.285 e. The predicted octanol–water partition coefficient (Wildman–Crippen LogP) is 3.21. The van der Waals surface area contributed by atoms with Crippen molar-refractivity contribution in [2.24, 2.45) is 5.73 Å². The maximum atomic E-state index is 12.7. The smallest absolute Gasteiger partial charge is 0.285 e. The molecule has 1 amide bonds. The summed E-state index contributed by atoms with van der Waals surface area (Å²) >= 11 is 6.08. The molecule has 4 nitrogen and oxygen atoms in total. The number of rotatable bonds is 2. The summed E-state index contributed by atoms with van der Waals surface area (Å²) in [4.78, 5) is 24.4. The van der Waals surface area contributed by atoms with E-state index >= 15 is 0 Å². The van der Waals surface area contributed by atoms with Crippen LogP contribution < -0.4 is 11.2 Å². The highest BCUT2D eigenvalue weighted by Crippen LogP contribution is 2.27. The SMILES string of the molecule is NC(=O)c1oc2cccc(Cl)c2c(=O)c1-c1ccccc1. The molecule has 5 heteroatoms. The molecular weight excluding hydrogens is 290 g/mol. The van der Waals surface area contributed by atoms with Gasteiger partial charge in [-0.05, 0) is 17.7 Å². The van der Waals surface area contributed by atoms with Gasteiger partial charge in [0.05, 0.1) is 16.0 Å². The fraction of sp³-hybridized carbons (Fsp3) is 0. The van der Waals surface area contributed by atoms with Crippen molar-refractivity contribution < 1.29 is 9.21 Å². The number of benzene rings is 2. The van der Waals surface area contributed by atoms with Crippen LogP contribution in [0.2, 0.25) is 5.02 Å². The molecule has 104 valence electrons. The lowest BCUT2D eigenvalue weighted by Crippen LogP contribution is -2.18. The normalized spacial score (nSPS) is 10.7. The fourth-order valence-electron chi connectivity index (χ4n) is 2.24. The predicted molar refractivity (Wildman–Crippen MR) is 81.4 cm³/mol. The van der Waals surface area contributed by atoms with Crippen LogP contribution in [0.4, 0.5) is 0 Å². The Labute approximate surface area is 124 Å². The van der Waals surface area contributed by atoms with Crippen molar-refractivity contribution in [3.63, 3.8) is 0 Å². The summed E-state index contributed by atoms with van der Waals surface area (Å²) in [5.74, 6) is -0.964. The van der Waals surface area contributed by atoms with E-state index in [1.165, 1.54) is 0 Å². The number of hydrogen-bond acceptors (Lipinski definition) is 3. The van der Waals surface area contributed by atoms with Gasteiger partial charge in [-0.1, -0.05) is 48.0 Å². The van der Waals surface area contributed by atoms with E-state index in [2.05, 4.69) is 0 Å². The summed E-state index contributed by atoms with van der Waals surface area (Å²) in [6, 6.07) is 13.6. The van der Waals surface area contributed by atoms with Crippen molar-refractivity contribution in [1.82, 2.24) is 0 Å². The zero-order valence-electron chi connectivity index (χ0n) is 10.8. The van der Waals surface area contributed by atoms with Crippen molar-refractivity contribution in [2.45, 2.75) is 0 Å². The fourth-order valence-corrected chi connectivity index (χ4v) is 2.49. The van der Waals surface area contributed by atoms with E-state index in [1.54, 1.807) is 42.5 Å². The van der Waals surface area contributed by atoms with Crippen molar-refractivity contribution in [3.8, 4) is 11.1 Å². The topological polar surface area (TPSA) is 73.3 Å². The summed E-state index contributed by atoms with van der Waals surface area (Å²) in [5.41, 5.74) is 5.89. The van der Waals surface area contributed by atoms with Crippen LogP contribution in [0.5, 0.6) is 0 Å². The van der Waals surface area contributed by atoms with Gasteiger partial charge in [0, 0.05) is 0 Å². The van der Waals surface area contributed by atoms with Gasteiger partial charge in [0.25, 0.3) is 5.91 Å². The Kier molecular flexibility index (Phi) is 3.23. The number of hydrogen-bond donors (Lipinski definition) is 1. The Morgan fingerprint density at radius 3 is 2.43 bits per heavy atom. The summed E-state index contributed by atoms with van der Waals surface area (Å²) in [7, 11) is 0. The molecule has 0 radical (unpaired) electrons. The first-order valence-electron chi connectivity index (χ1n) is 6.20. The van der Waals surface area contributed by atoms with Crippen molar-refractivity contribution in [1.29, 1.82) is 0 Å². The number of primary amides is 1. The molecule has 0 saturated carbocycles. The Morgan fingerprint density at radius 1 is 1.05 bits per heavy atom. The van der Waals surface area contributed by atoms with Gasteiger partial charge in [0.2, 0.25) is 11.2 Å². The van der Waals surface area contributed by atoms with Gasteiger partial charge < -0.3 is 10.2 Å². The lowest BCUT2D eigenvalue weighted by molar-refractivity contribution is 0.0975. The van der Waals surface area contributed by atoms with Crippen LogP contribution in [0, 0.1) is 0 Å². The van der Waals surface area contributed by atoms with Crippen LogP contribution in [-0.2, 0) is 0 Å². The van der Waals surface area contributed by atoms with Gasteiger partial charge in [-0.2, -0.15) is 0 Å². The Morgan fingerprint density at radius 2 is 1.76 bits per heavy atom. The third-order valence-electron chi connectivity index (χ3n) is 3.15. The lowest BCUT2D eigenvalue weighted by atomic mass is 10.0. The molecule has 0 unspecified atom stereocenters. The molecule has 0 bridgehead atoms. The third-order valence-corrected chi connectivity index (χ3v) is 3.47. The Hall–Kier alpha value is -2.59. The summed E-state index contributed by atoms with van der Waals surface area (Å²) in [6.07, 6.45) is 0. The van der Waals surface area contributed by atoms with E-state index in [1.807, 2.05) is 6.07 Å². The van der Waals surface area contributed by atoms with E-state index in [0.717, 1.165) is 0 Å². The molecule has 3 rings (SSSR count). The number of fused-ring (bicyclic) bond motifs is 1. The molecule has 1 aromatic heterocycles. The number of carbonyl (C=O) groups excluding carboxylic acids is 1. The average Bonchev–Trinajstić information content (AvgIpc) is 2.47. The van der Waals surface area contributed by atoms with Gasteiger partial charge in [-0.3, -0.25) is 9.59 Å². The van der Waals surface area contributed by atoms with Gasteiger partial charge >= 0.3 is 0 Å². The molecule has 2 N–H and O–H groups in total. The van der Waals surface area contributed by atoms with Crippen molar-refractivity contribution >= 4 is 28.5 Å². The second-order valence-electron chi connectivity index (χ2n) is 4.48. The number of carbonyl (C=O) groups is 1. The molecule has 0 saturated heterocycles. The molecule has 21 heavy (non-hydrogen) atoms. The summed E-state index contributed by atoms with van der Waals surface area (Å²) in [6.45, 7) is 0. The largest absolute Gasteiger partial charge is 0.450 e. The summed E-state index contributed by atoms with van der Waals surface area (Å²) in [5, 5.41) is 0.512. The highest BCUT2D eigenvalue weighted by Gasteiger charge is 2.20. The zero-order valence-corrected chi connectivity index (χ0v) is 11.6. The van der Waals surface area contributed by atoms with Crippen LogP contribution in [0.1, 0.15) is 10.6 Å². The first-order chi connectivity index (χ1) is 10.1. The minimum absolute atomic E-state index is 0.128. The molecular formula is C16H10ClNO3. The first kappa shape index (κ1) is 13.4. The van der Waals surface area contributed by atoms with Crippen LogP contribution in [-0.4, -0.2) is 5.91 Å². The molecule has 0 fully saturated rings. The van der Waals surface area contributed by atoms with Crippen LogP contribution in [0.15, 0.2) is 57.7 Å². The molecule has 1 heterocycles. The second-order valence-corrected chi connectivity index (χ2v) is 4.89. The third kappa shape index (κ3) is 2.19. The second kappa shape index (κ2) is 5.07. The van der Waals surface area contributed by atoms with E-state index in [4.69, 9.17) is 21.8 Å². The van der Waals surface area contributed by atoms with Gasteiger partial charge in [-0.25, -0.2) is 0 Å². The van der Waals surface area contributed by atoms with E-state index < -0.39 is 5.91 Å². The van der Waals surface area contributed by atoms with E-state index in [-0.39, 0.29) is 32.7 Å². The van der Waals surface area contributed by atoms with Crippen LogP contribution >= 0.6 is 11.6 Å². The molecule has 0 aliphatic rings. The number of halogens is 1. The molecule has 0 aliphatic heterocycles. The molecule has 2 aromatic carbocycles. The molecule has 3 aromatic rings. The quantitative estimate of drug-likeness (QED) is 0.789. The minimum Gasteiger partial charge on any atom is -0.450 e. The van der Waals surface area contributed by atoms with E-state index in [0.29, 0.717) is 5.56 Å². The van der Waals surface area contributed by atoms with E-state index in [9.17, 15) is 9.59 Å². The van der Waals surface area contributed by atoms with Gasteiger partial charge in [0.1, 0.15) is 5.58 Å². The number of nitrogens with two attached hydrogens (primary N) is 1. The van der Waals surface area contributed by atoms with Gasteiger partial charge in [0.15, 0.2) is 0 Å². The lowest BCUT2D eigenvalue weighted by Gasteiger charge is -2.08. The Balaban J connectivity index is 2.50. The van der Waals surface area contributed by atoms with Crippen molar-refractivity contribution in [2.75, 3.05) is 0 Å². The van der Waals surface area contributed by atoms with Gasteiger partial charge in [-0.15, -0.1) is 0 Å².